The number of aromatic nitrogens is 3. The van der Waals surface area contributed by atoms with Crippen LogP contribution in [0, 0.1) is 36.0 Å². The molecule has 0 amide bonds. The van der Waals surface area contributed by atoms with E-state index >= 15 is 0 Å². The summed E-state index contributed by atoms with van der Waals surface area (Å²) in [5.74, 6) is 2.29. The Balaban J connectivity index is 1.75. The van der Waals surface area contributed by atoms with Crippen LogP contribution in [0.2, 0.25) is 0 Å². The Labute approximate surface area is 122 Å². The summed E-state index contributed by atoms with van der Waals surface area (Å²) in [7, 11) is 0. The number of aromatic amines is 2. The first kappa shape index (κ1) is 12.6. The lowest BCUT2D eigenvalue weighted by molar-refractivity contribution is 0.310. The highest BCUT2D eigenvalue weighted by Gasteiger charge is 2.46. The van der Waals surface area contributed by atoms with E-state index in [0.717, 1.165) is 29.5 Å². The normalized spacial score (nSPS) is 30.9. The molecule has 0 radical (unpaired) electrons. The van der Waals surface area contributed by atoms with Gasteiger partial charge in [-0.3, -0.25) is 9.89 Å². The molecule has 5 heteroatoms. The standard InChI is InChI=1S/C16H18N4O/c1-8-15-13(7-14(21)18-16(15)20-19-8)12-6-10-5-11(12)4-9(10)2-3-17/h7,9-12H,2,4-6H2,1H3,(H2,18,19,20,21)/t9-,10-,11+,12+/m0/s1. The third kappa shape index (κ3) is 1.82. The zero-order chi connectivity index (χ0) is 14.6. The van der Waals surface area contributed by atoms with E-state index < -0.39 is 0 Å². The molecule has 21 heavy (non-hydrogen) atoms. The molecular formula is C16H18N4O. The Morgan fingerprint density at radius 3 is 2.95 bits per heavy atom. The first-order valence-corrected chi connectivity index (χ1v) is 7.62. The van der Waals surface area contributed by atoms with Crippen LogP contribution in [0.15, 0.2) is 10.9 Å². The molecule has 2 aromatic heterocycles. The third-order valence-corrected chi connectivity index (χ3v) is 5.52. The fraction of sp³-hybridized carbons (Fsp3) is 0.562. The molecule has 2 bridgehead atoms. The highest BCUT2D eigenvalue weighted by molar-refractivity contribution is 5.82. The minimum atomic E-state index is -0.0691. The quantitative estimate of drug-likeness (QED) is 0.887. The highest BCUT2D eigenvalue weighted by Crippen LogP contribution is 2.57. The molecule has 2 aliphatic carbocycles. The number of nitriles is 1. The van der Waals surface area contributed by atoms with Crippen LogP contribution in [-0.2, 0) is 0 Å². The first-order chi connectivity index (χ1) is 10.2. The summed E-state index contributed by atoms with van der Waals surface area (Å²) < 4.78 is 0. The Bertz CT molecular complexity index is 797. The van der Waals surface area contributed by atoms with Gasteiger partial charge >= 0.3 is 0 Å². The number of aryl methyl sites for hydroxylation is 1. The van der Waals surface area contributed by atoms with Gasteiger partial charge in [-0.25, -0.2) is 0 Å². The molecule has 2 fully saturated rings. The van der Waals surface area contributed by atoms with Crippen LogP contribution in [0.3, 0.4) is 0 Å². The molecule has 2 heterocycles. The van der Waals surface area contributed by atoms with Crippen LogP contribution in [0.5, 0.6) is 0 Å². The van der Waals surface area contributed by atoms with Crippen molar-refractivity contribution < 1.29 is 0 Å². The SMILES string of the molecule is Cc1[nH]nc2[nH]c(=O)cc([C@@H]3C[C@@H]4C[C@H]3C[C@@H]4CC#N)c12. The lowest BCUT2D eigenvalue weighted by Gasteiger charge is -2.27. The second kappa shape index (κ2) is 4.45. The number of fused-ring (bicyclic) bond motifs is 3. The van der Waals surface area contributed by atoms with E-state index in [0.29, 0.717) is 35.7 Å². The molecule has 4 atom stereocenters. The summed E-state index contributed by atoms with van der Waals surface area (Å²) >= 11 is 0. The minimum absolute atomic E-state index is 0.0691. The fourth-order valence-electron chi connectivity index (χ4n) is 4.67. The Hall–Kier alpha value is -2.09. The average molecular weight is 282 g/mol. The molecule has 5 nitrogen and oxygen atoms in total. The predicted molar refractivity (Wildman–Crippen MR) is 78.7 cm³/mol. The molecule has 4 rings (SSSR count). The summed E-state index contributed by atoms with van der Waals surface area (Å²) in [6.07, 6.45) is 4.14. The molecule has 2 aliphatic rings. The van der Waals surface area contributed by atoms with Gasteiger partial charge in [-0.15, -0.1) is 0 Å². The van der Waals surface area contributed by atoms with Crippen LogP contribution in [-0.4, -0.2) is 15.2 Å². The van der Waals surface area contributed by atoms with Crippen molar-refractivity contribution in [1.82, 2.24) is 15.2 Å². The van der Waals surface area contributed by atoms with E-state index in [1.165, 1.54) is 6.42 Å². The van der Waals surface area contributed by atoms with E-state index in [9.17, 15) is 4.79 Å². The predicted octanol–water partition coefficient (Wildman–Crippen LogP) is 2.60. The largest absolute Gasteiger partial charge is 0.305 e. The summed E-state index contributed by atoms with van der Waals surface area (Å²) in [5.41, 5.74) is 2.78. The number of hydrogen-bond acceptors (Lipinski definition) is 3. The van der Waals surface area contributed by atoms with Gasteiger partial charge < -0.3 is 4.98 Å². The van der Waals surface area contributed by atoms with Crippen LogP contribution in [0.25, 0.3) is 11.0 Å². The van der Waals surface area contributed by atoms with Crippen molar-refractivity contribution in [1.29, 1.82) is 5.26 Å². The number of H-pyrrole nitrogens is 2. The highest BCUT2D eigenvalue weighted by atomic mass is 16.1. The maximum absolute atomic E-state index is 11.9. The second-order valence-electron chi connectivity index (χ2n) is 6.62. The number of pyridine rings is 1. The zero-order valence-corrected chi connectivity index (χ0v) is 12.0. The van der Waals surface area contributed by atoms with E-state index in [1.54, 1.807) is 6.07 Å². The molecule has 0 saturated heterocycles. The van der Waals surface area contributed by atoms with Crippen molar-refractivity contribution >= 4 is 11.0 Å². The number of nitrogens with one attached hydrogen (secondary N) is 2. The summed E-state index contributed by atoms with van der Waals surface area (Å²) in [6.45, 7) is 2.00. The molecular weight excluding hydrogens is 264 g/mol. The zero-order valence-electron chi connectivity index (χ0n) is 12.0. The number of hydrogen-bond donors (Lipinski definition) is 2. The summed E-state index contributed by atoms with van der Waals surface area (Å²) in [4.78, 5) is 14.7. The van der Waals surface area contributed by atoms with Gasteiger partial charge in [0.1, 0.15) is 0 Å². The average Bonchev–Trinajstić information content (AvgIpc) is 3.13. The van der Waals surface area contributed by atoms with Gasteiger partial charge in [-0.05, 0) is 55.4 Å². The van der Waals surface area contributed by atoms with Crippen molar-refractivity contribution in [3.8, 4) is 6.07 Å². The lowest BCUT2D eigenvalue weighted by Crippen LogP contribution is -2.18. The Morgan fingerprint density at radius 2 is 2.24 bits per heavy atom. The summed E-state index contributed by atoms with van der Waals surface area (Å²) in [5, 5.41) is 17.2. The van der Waals surface area contributed by atoms with Crippen LogP contribution < -0.4 is 5.56 Å². The second-order valence-corrected chi connectivity index (χ2v) is 6.62. The van der Waals surface area contributed by atoms with E-state index in [1.807, 2.05) is 6.92 Å². The van der Waals surface area contributed by atoms with Crippen LogP contribution >= 0.6 is 0 Å². The maximum Gasteiger partial charge on any atom is 0.249 e. The number of rotatable bonds is 2. The molecule has 0 unspecified atom stereocenters. The van der Waals surface area contributed by atoms with Crippen molar-refractivity contribution in [2.45, 2.75) is 38.5 Å². The maximum atomic E-state index is 11.9. The van der Waals surface area contributed by atoms with Gasteiger partial charge in [0.05, 0.1) is 6.07 Å². The van der Waals surface area contributed by atoms with Crippen LogP contribution in [0.4, 0.5) is 0 Å². The molecule has 108 valence electrons. The Kier molecular flexibility index (Phi) is 2.68. The third-order valence-electron chi connectivity index (χ3n) is 5.52. The van der Waals surface area contributed by atoms with E-state index in [4.69, 9.17) is 5.26 Å². The fourth-order valence-corrected chi connectivity index (χ4v) is 4.67. The molecule has 2 N–H and O–H groups in total. The van der Waals surface area contributed by atoms with Gasteiger partial charge in [0.15, 0.2) is 5.65 Å². The van der Waals surface area contributed by atoms with Gasteiger partial charge in [-0.1, -0.05) is 0 Å². The molecule has 0 aromatic carbocycles. The molecule has 2 aromatic rings. The van der Waals surface area contributed by atoms with Crippen molar-refractivity contribution in [3.05, 3.63) is 27.7 Å². The molecule has 0 spiro atoms. The Morgan fingerprint density at radius 1 is 1.38 bits per heavy atom. The minimum Gasteiger partial charge on any atom is -0.305 e. The monoisotopic (exact) mass is 282 g/mol. The van der Waals surface area contributed by atoms with Gasteiger partial charge in [0, 0.05) is 23.6 Å². The summed E-state index contributed by atoms with van der Waals surface area (Å²) in [6, 6.07) is 4.08. The number of nitrogens with zero attached hydrogens (tertiary/aromatic N) is 2. The van der Waals surface area contributed by atoms with Crippen molar-refractivity contribution in [3.63, 3.8) is 0 Å². The van der Waals surface area contributed by atoms with Crippen molar-refractivity contribution in [2.24, 2.45) is 17.8 Å². The van der Waals surface area contributed by atoms with Gasteiger partial charge in [0.25, 0.3) is 0 Å². The van der Waals surface area contributed by atoms with Gasteiger partial charge in [-0.2, -0.15) is 10.4 Å². The topological polar surface area (TPSA) is 85.3 Å². The van der Waals surface area contributed by atoms with E-state index in [2.05, 4.69) is 21.3 Å². The molecule has 0 aliphatic heterocycles. The first-order valence-electron chi connectivity index (χ1n) is 7.62. The van der Waals surface area contributed by atoms with Crippen molar-refractivity contribution in [2.75, 3.05) is 0 Å². The van der Waals surface area contributed by atoms with Crippen LogP contribution in [0.1, 0.15) is 42.9 Å². The molecule has 2 saturated carbocycles. The lowest BCUT2D eigenvalue weighted by atomic mass is 9.77. The van der Waals surface area contributed by atoms with E-state index in [-0.39, 0.29) is 5.56 Å². The smallest absolute Gasteiger partial charge is 0.249 e. The van der Waals surface area contributed by atoms with Gasteiger partial charge in [0.2, 0.25) is 5.56 Å².